The second kappa shape index (κ2) is 3.29. The summed E-state index contributed by atoms with van der Waals surface area (Å²) in [7, 11) is 0. The van der Waals surface area contributed by atoms with Gasteiger partial charge < -0.3 is 9.32 Å². The van der Waals surface area contributed by atoms with Crippen molar-refractivity contribution in [2.24, 2.45) is 0 Å². The van der Waals surface area contributed by atoms with Crippen molar-refractivity contribution < 1.29 is 9.21 Å². The maximum Gasteiger partial charge on any atom is 0.284 e. The number of nitrogens with one attached hydrogen (secondary N) is 1. The molecular weight excluding hydrogens is 190 g/mol. The van der Waals surface area contributed by atoms with E-state index in [9.17, 15) is 4.79 Å². The summed E-state index contributed by atoms with van der Waals surface area (Å²) in [6.07, 6.45) is 1.55. The van der Waals surface area contributed by atoms with Gasteiger partial charge in [-0.25, -0.2) is 5.10 Å². The lowest BCUT2D eigenvalue weighted by Crippen LogP contribution is -2.23. The Labute approximate surface area is 79.7 Å². The molecule has 0 atom stereocenters. The third kappa shape index (κ3) is 1.77. The van der Waals surface area contributed by atoms with Crippen LogP contribution in [0.15, 0.2) is 4.42 Å². The maximum atomic E-state index is 11.2. The van der Waals surface area contributed by atoms with Gasteiger partial charge in [0.2, 0.25) is 11.8 Å². The summed E-state index contributed by atoms with van der Waals surface area (Å²) in [4.78, 5) is 13.2. The molecule has 0 spiro atoms. The summed E-state index contributed by atoms with van der Waals surface area (Å²) >= 11 is 4.72. The number of aromatic amines is 1. The molecule has 0 radical (unpaired) electrons. The monoisotopic (exact) mass is 199 g/mol. The molecule has 70 valence electrons. The summed E-state index contributed by atoms with van der Waals surface area (Å²) in [6, 6.07) is 0. The molecule has 0 bridgehead atoms. The second-order valence-corrected chi connectivity index (χ2v) is 3.30. The molecule has 0 aromatic carbocycles. The van der Waals surface area contributed by atoms with Gasteiger partial charge in [-0.05, 0) is 18.6 Å². The summed E-state index contributed by atoms with van der Waals surface area (Å²) < 4.78 is 5.05. The molecule has 2 heterocycles. The molecule has 0 saturated carbocycles. The second-order valence-electron chi connectivity index (χ2n) is 2.93. The van der Waals surface area contributed by atoms with Crippen LogP contribution in [0.2, 0.25) is 0 Å². The van der Waals surface area contributed by atoms with Crippen LogP contribution in [0.5, 0.6) is 0 Å². The van der Waals surface area contributed by atoms with Crippen LogP contribution in [0.1, 0.15) is 18.7 Å². The fourth-order valence-electron chi connectivity index (χ4n) is 1.36. The van der Waals surface area contributed by atoms with Crippen molar-refractivity contribution in [2.75, 3.05) is 6.54 Å². The molecule has 2 rings (SSSR count). The van der Waals surface area contributed by atoms with Crippen LogP contribution in [-0.2, 0) is 11.3 Å². The van der Waals surface area contributed by atoms with E-state index in [0.717, 1.165) is 13.0 Å². The van der Waals surface area contributed by atoms with Crippen LogP contribution in [-0.4, -0.2) is 27.5 Å². The van der Waals surface area contributed by atoms with Crippen LogP contribution in [0.3, 0.4) is 0 Å². The number of amides is 1. The number of carbonyl (C=O) groups excluding carboxylic acids is 1. The van der Waals surface area contributed by atoms with Crippen LogP contribution in [0.4, 0.5) is 0 Å². The van der Waals surface area contributed by atoms with Crippen molar-refractivity contribution in [1.82, 2.24) is 15.1 Å². The average molecular weight is 199 g/mol. The Morgan fingerprint density at radius 2 is 2.54 bits per heavy atom. The van der Waals surface area contributed by atoms with Gasteiger partial charge in [0.25, 0.3) is 4.84 Å². The van der Waals surface area contributed by atoms with Crippen molar-refractivity contribution in [3.63, 3.8) is 0 Å². The topological polar surface area (TPSA) is 62.1 Å². The lowest BCUT2D eigenvalue weighted by atomic mass is 10.4. The molecule has 1 saturated heterocycles. The van der Waals surface area contributed by atoms with E-state index in [4.69, 9.17) is 16.6 Å². The van der Waals surface area contributed by atoms with Gasteiger partial charge in [0, 0.05) is 13.0 Å². The highest BCUT2D eigenvalue weighted by molar-refractivity contribution is 7.71. The molecule has 0 aliphatic carbocycles. The Morgan fingerprint density at radius 1 is 1.69 bits per heavy atom. The Kier molecular flexibility index (Phi) is 2.13. The zero-order chi connectivity index (χ0) is 9.26. The van der Waals surface area contributed by atoms with E-state index in [1.165, 1.54) is 0 Å². The van der Waals surface area contributed by atoms with E-state index in [-0.39, 0.29) is 10.7 Å². The summed E-state index contributed by atoms with van der Waals surface area (Å²) in [5.74, 6) is 0.629. The first kappa shape index (κ1) is 8.43. The van der Waals surface area contributed by atoms with Crippen molar-refractivity contribution >= 4 is 18.1 Å². The fraction of sp³-hybridized carbons (Fsp3) is 0.571. The number of hydrogen-bond acceptors (Lipinski definition) is 4. The van der Waals surface area contributed by atoms with Gasteiger partial charge in [-0.1, -0.05) is 0 Å². The minimum absolute atomic E-state index is 0.157. The zero-order valence-electron chi connectivity index (χ0n) is 6.95. The number of carbonyl (C=O) groups is 1. The van der Waals surface area contributed by atoms with Gasteiger partial charge in [0.1, 0.15) is 0 Å². The molecule has 1 aromatic heterocycles. The lowest BCUT2D eigenvalue weighted by Gasteiger charge is -2.11. The van der Waals surface area contributed by atoms with E-state index in [2.05, 4.69) is 10.2 Å². The van der Waals surface area contributed by atoms with Gasteiger partial charge in [-0.2, -0.15) is 0 Å². The standard InChI is InChI=1S/C7H9N3O2S/c11-6-2-1-3-10(6)4-5-8-9-7(13)12-5/h1-4H2,(H,9,13). The molecule has 1 N–H and O–H groups in total. The zero-order valence-corrected chi connectivity index (χ0v) is 7.76. The third-order valence-corrected chi connectivity index (χ3v) is 2.15. The minimum atomic E-state index is 0.157. The molecule has 6 heteroatoms. The molecule has 13 heavy (non-hydrogen) atoms. The molecular formula is C7H9N3O2S. The molecule has 1 aliphatic heterocycles. The fourth-order valence-corrected chi connectivity index (χ4v) is 1.50. The first-order valence-corrected chi connectivity index (χ1v) is 4.49. The van der Waals surface area contributed by atoms with Crippen molar-refractivity contribution in [3.8, 4) is 0 Å². The molecule has 0 unspecified atom stereocenters. The van der Waals surface area contributed by atoms with E-state index in [1.54, 1.807) is 4.90 Å². The van der Waals surface area contributed by atoms with Crippen molar-refractivity contribution in [1.29, 1.82) is 0 Å². The summed E-state index contributed by atoms with van der Waals surface area (Å²) in [5, 5.41) is 6.34. The molecule has 1 aromatic rings. The number of H-pyrrole nitrogens is 1. The Bertz CT molecular complexity index is 370. The molecule has 1 fully saturated rings. The highest BCUT2D eigenvalue weighted by Crippen LogP contribution is 2.12. The summed E-state index contributed by atoms with van der Waals surface area (Å²) in [5.41, 5.74) is 0. The van der Waals surface area contributed by atoms with Crippen LogP contribution < -0.4 is 0 Å². The van der Waals surface area contributed by atoms with Gasteiger partial charge in [-0.3, -0.25) is 4.79 Å². The van der Waals surface area contributed by atoms with E-state index >= 15 is 0 Å². The van der Waals surface area contributed by atoms with Crippen LogP contribution >= 0.6 is 12.2 Å². The van der Waals surface area contributed by atoms with Gasteiger partial charge in [0.15, 0.2) is 0 Å². The SMILES string of the molecule is O=C1CCCN1Cc1n[nH]c(=S)o1. The predicted molar refractivity (Wildman–Crippen MR) is 46.3 cm³/mol. The highest BCUT2D eigenvalue weighted by Gasteiger charge is 2.21. The Balaban J connectivity index is 2.05. The number of likely N-dealkylation sites (tertiary alicyclic amines) is 1. The van der Waals surface area contributed by atoms with Crippen molar-refractivity contribution in [2.45, 2.75) is 19.4 Å². The molecule has 1 aliphatic rings. The Morgan fingerprint density at radius 3 is 3.08 bits per heavy atom. The number of hydrogen-bond donors (Lipinski definition) is 1. The molecule has 5 nitrogen and oxygen atoms in total. The predicted octanol–water partition coefficient (Wildman–Crippen LogP) is 0.855. The average Bonchev–Trinajstić information content (AvgIpc) is 2.64. The normalized spacial score (nSPS) is 16.9. The Hall–Kier alpha value is -1.17. The van der Waals surface area contributed by atoms with E-state index in [1.807, 2.05) is 0 Å². The third-order valence-electron chi connectivity index (χ3n) is 1.98. The first-order valence-electron chi connectivity index (χ1n) is 4.08. The van der Waals surface area contributed by atoms with E-state index in [0.29, 0.717) is 18.9 Å². The van der Waals surface area contributed by atoms with Gasteiger partial charge >= 0.3 is 0 Å². The smallest absolute Gasteiger partial charge is 0.284 e. The number of rotatable bonds is 2. The largest absolute Gasteiger partial charge is 0.412 e. The number of nitrogens with zero attached hydrogens (tertiary/aromatic N) is 2. The quantitative estimate of drug-likeness (QED) is 0.717. The van der Waals surface area contributed by atoms with Gasteiger partial charge in [-0.15, -0.1) is 5.10 Å². The van der Waals surface area contributed by atoms with E-state index < -0.39 is 0 Å². The minimum Gasteiger partial charge on any atom is -0.412 e. The summed E-state index contributed by atoms with van der Waals surface area (Å²) in [6.45, 7) is 1.21. The highest BCUT2D eigenvalue weighted by atomic mass is 32.1. The van der Waals surface area contributed by atoms with Crippen LogP contribution in [0, 0.1) is 4.84 Å². The maximum absolute atomic E-state index is 11.2. The number of aromatic nitrogens is 2. The lowest BCUT2D eigenvalue weighted by molar-refractivity contribution is -0.128. The molecule has 1 amide bonds. The van der Waals surface area contributed by atoms with Crippen molar-refractivity contribution in [3.05, 3.63) is 10.7 Å². The van der Waals surface area contributed by atoms with Gasteiger partial charge in [0.05, 0.1) is 6.54 Å². The van der Waals surface area contributed by atoms with Crippen LogP contribution in [0.25, 0.3) is 0 Å². The first-order chi connectivity index (χ1) is 6.25.